The van der Waals surface area contributed by atoms with Gasteiger partial charge in [-0.2, -0.15) is 0 Å². The van der Waals surface area contributed by atoms with Crippen molar-refractivity contribution in [3.63, 3.8) is 0 Å². The Bertz CT molecular complexity index is 508. The van der Waals surface area contributed by atoms with E-state index in [1.165, 1.54) is 11.1 Å². The molecule has 0 aliphatic rings. The molecule has 0 spiro atoms. The summed E-state index contributed by atoms with van der Waals surface area (Å²) in [7, 11) is 0. The molecule has 2 aromatic carbocycles. The average molecular weight is 270 g/mol. The summed E-state index contributed by atoms with van der Waals surface area (Å²) < 4.78 is 5.88. The quantitative estimate of drug-likeness (QED) is 0.822. The fourth-order valence-corrected chi connectivity index (χ4v) is 2.08. The van der Waals surface area contributed by atoms with E-state index in [4.69, 9.17) is 4.74 Å². The van der Waals surface area contributed by atoms with E-state index in [9.17, 15) is 0 Å². The van der Waals surface area contributed by atoms with Gasteiger partial charge in [0.2, 0.25) is 0 Å². The molecule has 106 valence electrons. The second-order valence-electron chi connectivity index (χ2n) is 5.50. The summed E-state index contributed by atoms with van der Waals surface area (Å²) in [5.41, 5.74) is 2.62. The molecule has 0 aromatic heterocycles. The molecule has 0 bridgehead atoms. The van der Waals surface area contributed by atoms with Gasteiger partial charge >= 0.3 is 0 Å². The van der Waals surface area contributed by atoms with Gasteiger partial charge in [0.15, 0.2) is 0 Å². The normalized spacial score (nSPS) is 10.8. The van der Waals surface area contributed by atoms with E-state index >= 15 is 0 Å². The summed E-state index contributed by atoms with van der Waals surface area (Å²) in [6, 6.07) is 18.9. The molecule has 2 nitrogen and oxygen atoms in total. The van der Waals surface area contributed by atoms with Crippen molar-refractivity contribution in [1.82, 2.24) is 0 Å². The maximum absolute atomic E-state index is 5.88. The van der Waals surface area contributed by atoms with Gasteiger partial charge in [0.05, 0.1) is 6.61 Å². The zero-order valence-electron chi connectivity index (χ0n) is 12.4. The Morgan fingerprint density at radius 2 is 1.60 bits per heavy atom. The minimum absolute atomic E-state index is 0.552. The minimum Gasteiger partial charge on any atom is -0.493 e. The minimum atomic E-state index is 0.552. The molecular weight excluding hydrogens is 246 g/mol. The van der Waals surface area contributed by atoms with Crippen molar-refractivity contribution in [2.45, 2.75) is 26.9 Å². The van der Waals surface area contributed by atoms with Crippen LogP contribution in [0.4, 0.5) is 0 Å². The highest BCUT2D eigenvalue weighted by Crippen LogP contribution is 2.17. The second-order valence-corrected chi connectivity index (χ2v) is 5.50. The Morgan fingerprint density at radius 1 is 0.900 bits per heavy atom. The number of para-hydroxylation sites is 1. The van der Waals surface area contributed by atoms with Crippen molar-refractivity contribution in [2.24, 2.45) is 5.92 Å². The van der Waals surface area contributed by atoms with Gasteiger partial charge in [0.1, 0.15) is 18.8 Å². The molecule has 0 fully saturated rings. The van der Waals surface area contributed by atoms with Crippen LogP contribution in [-0.2, 0) is 13.1 Å². The number of benzene rings is 2. The summed E-state index contributed by atoms with van der Waals surface area (Å²) in [6.07, 6.45) is 0. The van der Waals surface area contributed by atoms with E-state index < -0.39 is 0 Å². The average Bonchev–Trinajstić information content (AvgIpc) is 2.47. The first kappa shape index (κ1) is 14.6. The molecule has 2 rings (SSSR count). The second kappa shape index (κ2) is 7.71. The molecule has 0 aliphatic heterocycles. The van der Waals surface area contributed by atoms with Crippen LogP contribution in [0, 0.1) is 5.92 Å². The Balaban J connectivity index is 1.89. The Kier molecular flexibility index (Phi) is 5.63. The molecule has 0 saturated carbocycles. The lowest BCUT2D eigenvalue weighted by molar-refractivity contribution is -0.686. The highest BCUT2D eigenvalue weighted by molar-refractivity contribution is 5.32. The van der Waals surface area contributed by atoms with Crippen molar-refractivity contribution in [3.05, 3.63) is 65.7 Å². The van der Waals surface area contributed by atoms with Gasteiger partial charge in [-0.05, 0) is 18.1 Å². The molecule has 0 aliphatic carbocycles. The summed E-state index contributed by atoms with van der Waals surface area (Å²) >= 11 is 0. The van der Waals surface area contributed by atoms with Gasteiger partial charge in [0, 0.05) is 11.1 Å². The molecule has 2 heteroatoms. The Labute approximate surface area is 121 Å². The third-order valence-corrected chi connectivity index (χ3v) is 3.13. The number of rotatable bonds is 7. The lowest BCUT2D eigenvalue weighted by Gasteiger charge is -2.12. The fourth-order valence-electron chi connectivity index (χ4n) is 2.08. The number of quaternary nitrogens is 1. The van der Waals surface area contributed by atoms with Gasteiger partial charge in [-0.1, -0.05) is 56.3 Å². The molecule has 0 unspecified atom stereocenters. The van der Waals surface area contributed by atoms with Gasteiger partial charge < -0.3 is 10.1 Å². The maximum Gasteiger partial charge on any atom is 0.128 e. The Morgan fingerprint density at radius 3 is 2.35 bits per heavy atom. The Hall–Kier alpha value is -1.80. The highest BCUT2D eigenvalue weighted by atomic mass is 16.5. The monoisotopic (exact) mass is 270 g/mol. The predicted octanol–water partition coefficient (Wildman–Crippen LogP) is 2.99. The standard InChI is InChI=1S/C18H23NO/c1-15(2)14-20-18-11-7-6-10-17(18)13-19-12-16-8-4-3-5-9-16/h3-11,15,19H,12-14H2,1-2H3/p+1. The van der Waals surface area contributed by atoms with Crippen molar-refractivity contribution >= 4 is 0 Å². The first-order valence-electron chi connectivity index (χ1n) is 7.32. The topological polar surface area (TPSA) is 25.8 Å². The van der Waals surface area contributed by atoms with E-state index in [1.54, 1.807) is 0 Å². The first-order chi connectivity index (χ1) is 9.75. The number of nitrogens with two attached hydrogens (primary N) is 1. The number of ether oxygens (including phenoxy) is 1. The lowest BCUT2D eigenvalue weighted by Crippen LogP contribution is -2.80. The number of hydrogen-bond acceptors (Lipinski definition) is 1. The molecular formula is C18H24NO+. The molecule has 0 atom stereocenters. The molecule has 0 heterocycles. The van der Waals surface area contributed by atoms with E-state index in [1.807, 2.05) is 6.07 Å². The summed E-state index contributed by atoms with van der Waals surface area (Å²) in [6.45, 7) is 7.06. The zero-order chi connectivity index (χ0) is 14.2. The maximum atomic E-state index is 5.88. The molecule has 0 amide bonds. The van der Waals surface area contributed by atoms with E-state index in [2.05, 4.69) is 67.7 Å². The largest absolute Gasteiger partial charge is 0.493 e. The molecule has 2 N–H and O–H groups in total. The molecule has 20 heavy (non-hydrogen) atoms. The van der Waals surface area contributed by atoms with Crippen LogP contribution in [-0.4, -0.2) is 6.61 Å². The molecule has 0 radical (unpaired) electrons. The third kappa shape index (κ3) is 4.71. The van der Waals surface area contributed by atoms with E-state index in [0.717, 1.165) is 25.4 Å². The fraction of sp³-hybridized carbons (Fsp3) is 0.333. The van der Waals surface area contributed by atoms with Crippen LogP contribution in [0.25, 0.3) is 0 Å². The van der Waals surface area contributed by atoms with Crippen molar-refractivity contribution in [2.75, 3.05) is 6.61 Å². The van der Waals surface area contributed by atoms with Crippen LogP contribution in [0.15, 0.2) is 54.6 Å². The number of hydrogen-bond donors (Lipinski definition) is 1. The SMILES string of the molecule is CC(C)COc1ccccc1C[NH2+]Cc1ccccc1. The predicted molar refractivity (Wildman–Crippen MR) is 82.6 cm³/mol. The van der Waals surface area contributed by atoms with Crippen molar-refractivity contribution in [3.8, 4) is 5.75 Å². The van der Waals surface area contributed by atoms with E-state index in [0.29, 0.717) is 5.92 Å². The van der Waals surface area contributed by atoms with Gasteiger partial charge in [-0.3, -0.25) is 0 Å². The van der Waals surface area contributed by atoms with Crippen LogP contribution >= 0.6 is 0 Å². The van der Waals surface area contributed by atoms with Crippen LogP contribution in [0.2, 0.25) is 0 Å². The summed E-state index contributed by atoms with van der Waals surface area (Å²) in [5.74, 6) is 1.57. The van der Waals surface area contributed by atoms with Crippen molar-refractivity contribution in [1.29, 1.82) is 0 Å². The highest BCUT2D eigenvalue weighted by Gasteiger charge is 2.05. The summed E-state index contributed by atoms with van der Waals surface area (Å²) in [5, 5.41) is 2.31. The van der Waals surface area contributed by atoms with Crippen LogP contribution < -0.4 is 10.1 Å². The molecule has 2 aromatic rings. The van der Waals surface area contributed by atoms with Crippen LogP contribution in [0.5, 0.6) is 5.75 Å². The van der Waals surface area contributed by atoms with Gasteiger partial charge in [-0.15, -0.1) is 0 Å². The van der Waals surface area contributed by atoms with Crippen LogP contribution in [0.1, 0.15) is 25.0 Å². The summed E-state index contributed by atoms with van der Waals surface area (Å²) in [4.78, 5) is 0. The first-order valence-corrected chi connectivity index (χ1v) is 7.32. The van der Waals surface area contributed by atoms with Crippen molar-refractivity contribution < 1.29 is 10.1 Å². The molecule has 0 saturated heterocycles. The van der Waals surface area contributed by atoms with Gasteiger partial charge in [-0.25, -0.2) is 0 Å². The van der Waals surface area contributed by atoms with Crippen LogP contribution in [0.3, 0.4) is 0 Å². The lowest BCUT2D eigenvalue weighted by atomic mass is 10.2. The smallest absolute Gasteiger partial charge is 0.128 e. The van der Waals surface area contributed by atoms with E-state index in [-0.39, 0.29) is 0 Å². The van der Waals surface area contributed by atoms with Gasteiger partial charge in [0.25, 0.3) is 0 Å². The zero-order valence-corrected chi connectivity index (χ0v) is 12.4. The third-order valence-electron chi connectivity index (χ3n) is 3.13.